The van der Waals surface area contributed by atoms with Crippen molar-refractivity contribution in [2.45, 2.75) is 6.54 Å². The van der Waals surface area contributed by atoms with Crippen LogP contribution in [-0.2, 0) is 11.3 Å². The zero-order valence-electron chi connectivity index (χ0n) is 10.8. The summed E-state index contributed by atoms with van der Waals surface area (Å²) in [5, 5.41) is 2.99. The van der Waals surface area contributed by atoms with Crippen LogP contribution in [0.1, 0.15) is 10.4 Å². The molecule has 1 aromatic heterocycles. The molecule has 2 rings (SSSR count). The Balaban J connectivity index is 1.98. The van der Waals surface area contributed by atoms with Gasteiger partial charge < -0.3 is 4.90 Å². The van der Waals surface area contributed by atoms with Gasteiger partial charge in [-0.2, -0.15) is 0 Å². The molecule has 0 aliphatic heterocycles. The van der Waals surface area contributed by atoms with Crippen LogP contribution in [0.25, 0.3) is 6.08 Å². The van der Waals surface area contributed by atoms with Crippen LogP contribution in [0.5, 0.6) is 0 Å². The van der Waals surface area contributed by atoms with E-state index < -0.39 is 0 Å². The summed E-state index contributed by atoms with van der Waals surface area (Å²) < 4.78 is 0. The predicted octanol–water partition coefficient (Wildman–Crippen LogP) is 4.73. The number of rotatable bonds is 4. The molecule has 0 radical (unpaired) electrons. The summed E-state index contributed by atoms with van der Waals surface area (Å²) in [4.78, 5) is 14.7. The third kappa shape index (κ3) is 4.10. The Bertz CT molecular complexity index is 623. The summed E-state index contributed by atoms with van der Waals surface area (Å²) >= 11 is 13.4. The molecule has 1 heterocycles. The van der Waals surface area contributed by atoms with Crippen LogP contribution in [0.4, 0.5) is 0 Å². The number of carbonyl (C=O) groups is 1. The number of hydrogen-bond acceptors (Lipinski definition) is 2. The van der Waals surface area contributed by atoms with Crippen molar-refractivity contribution in [3.05, 3.63) is 62.3 Å². The van der Waals surface area contributed by atoms with Gasteiger partial charge in [0.2, 0.25) is 5.91 Å². The summed E-state index contributed by atoms with van der Waals surface area (Å²) in [6.07, 6.45) is 3.39. The van der Waals surface area contributed by atoms with Crippen molar-refractivity contribution in [2.24, 2.45) is 0 Å². The molecule has 0 atom stereocenters. The normalized spacial score (nSPS) is 10.9. The van der Waals surface area contributed by atoms with Crippen LogP contribution >= 0.6 is 34.5 Å². The van der Waals surface area contributed by atoms with Crippen molar-refractivity contribution < 1.29 is 4.79 Å². The van der Waals surface area contributed by atoms with Crippen LogP contribution in [0.3, 0.4) is 0 Å². The molecule has 0 aliphatic rings. The molecule has 0 saturated carbocycles. The van der Waals surface area contributed by atoms with Gasteiger partial charge in [-0.3, -0.25) is 4.79 Å². The summed E-state index contributed by atoms with van der Waals surface area (Å²) in [5.41, 5.74) is 0.944. The topological polar surface area (TPSA) is 20.3 Å². The zero-order chi connectivity index (χ0) is 14.5. The van der Waals surface area contributed by atoms with Crippen LogP contribution in [0, 0.1) is 0 Å². The van der Waals surface area contributed by atoms with E-state index in [-0.39, 0.29) is 5.91 Å². The lowest BCUT2D eigenvalue weighted by atomic mass is 10.2. The fourth-order valence-corrected chi connectivity index (χ4v) is 2.60. The second kappa shape index (κ2) is 6.93. The Labute approximate surface area is 132 Å². The van der Waals surface area contributed by atoms with E-state index >= 15 is 0 Å². The number of hydrogen-bond donors (Lipinski definition) is 0. The van der Waals surface area contributed by atoms with Gasteiger partial charge in [-0.15, -0.1) is 11.3 Å². The standard InChI is InChI=1S/C15H13Cl2NOS/c1-18(10-11-4-6-13(16)14(17)9-11)15(19)7-5-12-3-2-8-20-12/h2-9H,10H2,1H3. The lowest BCUT2D eigenvalue weighted by Crippen LogP contribution is -2.24. The number of nitrogens with zero attached hydrogens (tertiary/aromatic N) is 1. The van der Waals surface area contributed by atoms with Crippen LogP contribution in [0.15, 0.2) is 41.8 Å². The molecule has 5 heteroatoms. The lowest BCUT2D eigenvalue weighted by Gasteiger charge is -2.15. The third-order valence-corrected chi connectivity index (χ3v) is 4.29. The van der Waals surface area contributed by atoms with Crippen molar-refractivity contribution >= 4 is 46.5 Å². The number of benzene rings is 1. The van der Waals surface area contributed by atoms with Gasteiger partial charge in [-0.25, -0.2) is 0 Å². The van der Waals surface area contributed by atoms with Crippen molar-refractivity contribution in [2.75, 3.05) is 7.05 Å². The van der Waals surface area contributed by atoms with E-state index in [1.165, 1.54) is 0 Å². The molecular formula is C15H13Cl2NOS. The molecule has 2 aromatic rings. The van der Waals surface area contributed by atoms with Gasteiger partial charge in [-0.1, -0.05) is 35.3 Å². The number of thiophene rings is 1. The molecule has 1 aromatic carbocycles. The second-order valence-electron chi connectivity index (χ2n) is 4.29. The minimum atomic E-state index is -0.0514. The summed E-state index contributed by atoms with van der Waals surface area (Å²) in [6.45, 7) is 0.491. The monoisotopic (exact) mass is 325 g/mol. The Kier molecular flexibility index (Phi) is 5.24. The maximum absolute atomic E-state index is 12.0. The van der Waals surface area contributed by atoms with Gasteiger partial charge in [0, 0.05) is 24.5 Å². The fourth-order valence-electron chi connectivity index (χ4n) is 1.66. The highest BCUT2D eigenvalue weighted by molar-refractivity contribution is 7.10. The lowest BCUT2D eigenvalue weighted by molar-refractivity contribution is -0.125. The number of likely N-dealkylation sites (N-methyl/N-ethyl adjacent to an activating group) is 1. The number of halogens is 2. The summed E-state index contributed by atoms with van der Waals surface area (Å²) in [5.74, 6) is -0.0514. The SMILES string of the molecule is CN(Cc1ccc(Cl)c(Cl)c1)C(=O)C=Cc1cccs1. The second-order valence-corrected chi connectivity index (χ2v) is 6.09. The molecular weight excluding hydrogens is 313 g/mol. The Morgan fingerprint density at radius 2 is 2.10 bits per heavy atom. The van der Waals surface area contributed by atoms with E-state index in [9.17, 15) is 4.79 Å². The molecule has 2 nitrogen and oxygen atoms in total. The van der Waals surface area contributed by atoms with Crippen molar-refractivity contribution in [3.8, 4) is 0 Å². The van der Waals surface area contributed by atoms with Gasteiger partial charge in [0.25, 0.3) is 0 Å². The van der Waals surface area contributed by atoms with Crippen molar-refractivity contribution in [1.82, 2.24) is 4.90 Å². The van der Waals surface area contributed by atoms with E-state index in [4.69, 9.17) is 23.2 Å². The Hall–Kier alpha value is -1.29. The average molecular weight is 326 g/mol. The zero-order valence-corrected chi connectivity index (χ0v) is 13.2. The molecule has 0 N–H and O–H groups in total. The van der Waals surface area contributed by atoms with E-state index in [1.807, 2.05) is 29.7 Å². The minimum Gasteiger partial charge on any atom is -0.338 e. The van der Waals surface area contributed by atoms with Gasteiger partial charge in [-0.05, 0) is 35.2 Å². The van der Waals surface area contributed by atoms with Crippen LogP contribution in [-0.4, -0.2) is 17.9 Å². The fraction of sp³-hybridized carbons (Fsp3) is 0.133. The minimum absolute atomic E-state index is 0.0514. The number of amides is 1. The van der Waals surface area contributed by atoms with Crippen molar-refractivity contribution in [3.63, 3.8) is 0 Å². The highest BCUT2D eigenvalue weighted by Gasteiger charge is 2.07. The van der Waals surface area contributed by atoms with E-state index in [0.717, 1.165) is 10.4 Å². The molecule has 0 unspecified atom stereocenters. The number of carbonyl (C=O) groups excluding carboxylic acids is 1. The molecule has 0 bridgehead atoms. The highest BCUT2D eigenvalue weighted by Crippen LogP contribution is 2.23. The molecule has 104 valence electrons. The first-order valence-electron chi connectivity index (χ1n) is 5.97. The third-order valence-electron chi connectivity index (χ3n) is 2.71. The molecule has 0 saturated heterocycles. The van der Waals surface area contributed by atoms with Crippen LogP contribution in [0.2, 0.25) is 10.0 Å². The average Bonchev–Trinajstić information content (AvgIpc) is 2.93. The summed E-state index contributed by atoms with van der Waals surface area (Å²) in [6, 6.07) is 9.29. The van der Waals surface area contributed by atoms with Gasteiger partial charge >= 0.3 is 0 Å². The molecule has 0 fully saturated rings. The Morgan fingerprint density at radius 3 is 2.75 bits per heavy atom. The smallest absolute Gasteiger partial charge is 0.246 e. The first-order valence-corrected chi connectivity index (χ1v) is 7.60. The van der Waals surface area contributed by atoms with Gasteiger partial charge in [0.1, 0.15) is 0 Å². The first-order chi connectivity index (χ1) is 9.56. The largest absolute Gasteiger partial charge is 0.338 e. The maximum Gasteiger partial charge on any atom is 0.246 e. The van der Waals surface area contributed by atoms with E-state index in [0.29, 0.717) is 16.6 Å². The van der Waals surface area contributed by atoms with E-state index in [1.54, 1.807) is 41.5 Å². The predicted molar refractivity (Wildman–Crippen MR) is 86.3 cm³/mol. The highest BCUT2D eigenvalue weighted by atomic mass is 35.5. The molecule has 0 spiro atoms. The Morgan fingerprint density at radius 1 is 1.30 bits per heavy atom. The quantitative estimate of drug-likeness (QED) is 0.744. The first kappa shape index (κ1) is 15.1. The van der Waals surface area contributed by atoms with Gasteiger partial charge in [0.05, 0.1) is 10.0 Å². The van der Waals surface area contributed by atoms with Gasteiger partial charge in [0.15, 0.2) is 0 Å². The molecule has 1 amide bonds. The molecule has 20 heavy (non-hydrogen) atoms. The van der Waals surface area contributed by atoms with Crippen molar-refractivity contribution in [1.29, 1.82) is 0 Å². The van der Waals surface area contributed by atoms with Crippen LogP contribution < -0.4 is 0 Å². The van der Waals surface area contributed by atoms with E-state index in [2.05, 4.69) is 0 Å². The maximum atomic E-state index is 12.0. The molecule has 0 aliphatic carbocycles. The summed E-state index contributed by atoms with van der Waals surface area (Å²) in [7, 11) is 1.75.